The second-order valence-electron chi connectivity index (χ2n) is 6.27. The zero-order valence-electron chi connectivity index (χ0n) is 13.3. The van der Waals surface area contributed by atoms with Gasteiger partial charge in [-0.25, -0.2) is 9.97 Å². The van der Waals surface area contributed by atoms with Crippen LogP contribution in [-0.2, 0) is 18.0 Å². The number of halogens is 4. The molecular formula is C17H12ClF3N4O. The highest BCUT2D eigenvalue weighted by atomic mass is 35.5. The summed E-state index contributed by atoms with van der Waals surface area (Å²) >= 11 is 6.07. The highest BCUT2D eigenvalue weighted by Crippen LogP contribution is 2.50. The lowest BCUT2D eigenvalue weighted by atomic mass is 9.92. The zero-order valence-corrected chi connectivity index (χ0v) is 14.1. The van der Waals surface area contributed by atoms with Crippen LogP contribution in [0.3, 0.4) is 0 Å². The molecule has 134 valence electrons. The van der Waals surface area contributed by atoms with E-state index in [1.54, 1.807) is 0 Å². The molecule has 1 saturated carbocycles. The number of hydrogen-bond acceptors (Lipinski definition) is 5. The molecule has 0 aliphatic heterocycles. The lowest BCUT2D eigenvalue weighted by Crippen LogP contribution is -2.12. The van der Waals surface area contributed by atoms with E-state index < -0.39 is 12.1 Å². The van der Waals surface area contributed by atoms with Gasteiger partial charge >= 0.3 is 12.1 Å². The fourth-order valence-electron chi connectivity index (χ4n) is 2.85. The van der Waals surface area contributed by atoms with Gasteiger partial charge in [0.05, 0.1) is 5.56 Å². The van der Waals surface area contributed by atoms with E-state index >= 15 is 0 Å². The monoisotopic (exact) mass is 380 g/mol. The van der Waals surface area contributed by atoms with Crippen LogP contribution in [0.15, 0.2) is 41.1 Å². The van der Waals surface area contributed by atoms with Crippen LogP contribution in [-0.4, -0.2) is 20.2 Å². The summed E-state index contributed by atoms with van der Waals surface area (Å²) in [7, 11) is 0. The summed E-state index contributed by atoms with van der Waals surface area (Å²) in [5.41, 5.74) is 1.36. The molecule has 0 radical (unpaired) electrons. The van der Waals surface area contributed by atoms with Crippen LogP contribution in [0.1, 0.15) is 30.1 Å². The topological polar surface area (TPSA) is 64.7 Å². The van der Waals surface area contributed by atoms with E-state index in [4.69, 9.17) is 11.6 Å². The third kappa shape index (κ3) is 3.29. The molecule has 0 amide bonds. The molecule has 26 heavy (non-hydrogen) atoms. The molecule has 0 saturated heterocycles. The third-order valence-electron chi connectivity index (χ3n) is 4.41. The van der Waals surface area contributed by atoms with Gasteiger partial charge in [-0.05, 0) is 30.5 Å². The Balaban J connectivity index is 1.53. The molecule has 0 atom stereocenters. The average molecular weight is 381 g/mol. The highest BCUT2D eigenvalue weighted by molar-refractivity contribution is 6.30. The maximum Gasteiger partial charge on any atom is 0.470 e. The predicted molar refractivity (Wildman–Crippen MR) is 86.4 cm³/mol. The van der Waals surface area contributed by atoms with E-state index in [9.17, 15) is 13.2 Å². The largest absolute Gasteiger partial charge is 0.470 e. The lowest BCUT2D eigenvalue weighted by Gasteiger charge is -2.15. The van der Waals surface area contributed by atoms with Crippen molar-refractivity contribution in [2.45, 2.75) is 30.9 Å². The number of rotatable bonds is 4. The molecule has 3 aromatic rings. The van der Waals surface area contributed by atoms with Gasteiger partial charge in [-0.2, -0.15) is 13.2 Å². The van der Waals surface area contributed by atoms with Crippen molar-refractivity contribution in [1.29, 1.82) is 0 Å². The van der Waals surface area contributed by atoms with Crippen molar-refractivity contribution >= 4 is 11.6 Å². The summed E-state index contributed by atoms with van der Waals surface area (Å²) in [6, 6.07) is 7.71. The number of benzene rings is 1. The first-order valence-corrected chi connectivity index (χ1v) is 8.22. The second-order valence-corrected chi connectivity index (χ2v) is 6.70. The van der Waals surface area contributed by atoms with E-state index in [0.29, 0.717) is 17.3 Å². The fraction of sp³-hybridized carbons (Fsp3) is 0.294. The van der Waals surface area contributed by atoms with Crippen molar-refractivity contribution in [1.82, 2.24) is 20.2 Å². The molecule has 1 fully saturated rings. The van der Waals surface area contributed by atoms with Gasteiger partial charge in [0, 0.05) is 29.3 Å². The lowest BCUT2D eigenvalue weighted by molar-refractivity contribution is -0.156. The van der Waals surface area contributed by atoms with Gasteiger partial charge in [-0.15, -0.1) is 10.2 Å². The average Bonchev–Trinajstić information content (AvgIpc) is 3.19. The van der Waals surface area contributed by atoms with Crippen molar-refractivity contribution in [2.75, 3.05) is 0 Å². The van der Waals surface area contributed by atoms with Crippen molar-refractivity contribution < 1.29 is 17.6 Å². The van der Waals surface area contributed by atoms with Crippen LogP contribution < -0.4 is 0 Å². The first-order chi connectivity index (χ1) is 12.4. The third-order valence-corrected chi connectivity index (χ3v) is 4.64. The van der Waals surface area contributed by atoms with E-state index in [-0.39, 0.29) is 16.9 Å². The van der Waals surface area contributed by atoms with Gasteiger partial charge in [0.25, 0.3) is 5.89 Å². The van der Waals surface area contributed by atoms with E-state index in [1.165, 1.54) is 12.4 Å². The Morgan fingerprint density at radius 1 is 1.12 bits per heavy atom. The van der Waals surface area contributed by atoms with Gasteiger partial charge < -0.3 is 4.42 Å². The summed E-state index contributed by atoms with van der Waals surface area (Å²) in [5, 5.41) is 7.07. The molecule has 4 rings (SSSR count). The molecule has 1 aliphatic carbocycles. The normalized spacial score (nSPS) is 15.8. The maximum absolute atomic E-state index is 12.5. The summed E-state index contributed by atoms with van der Waals surface area (Å²) in [5.74, 6) is -1.06. The van der Waals surface area contributed by atoms with E-state index in [1.807, 2.05) is 24.3 Å². The van der Waals surface area contributed by atoms with Crippen LogP contribution >= 0.6 is 11.6 Å². The van der Waals surface area contributed by atoms with Crippen LogP contribution in [0.25, 0.3) is 11.5 Å². The molecular weight excluding hydrogens is 369 g/mol. The predicted octanol–water partition coefficient (Wildman–Crippen LogP) is 4.47. The van der Waals surface area contributed by atoms with Gasteiger partial charge in [-0.1, -0.05) is 23.7 Å². The number of alkyl halides is 3. The smallest absolute Gasteiger partial charge is 0.413 e. The van der Waals surface area contributed by atoms with Gasteiger partial charge in [0.15, 0.2) is 0 Å². The fourth-order valence-corrected chi connectivity index (χ4v) is 3.04. The van der Waals surface area contributed by atoms with E-state index in [0.717, 1.165) is 18.4 Å². The Hall–Kier alpha value is -2.48. The molecule has 2 aromatic heterocycles. The van der Waals surface area contributed by atoms with Crippen LogP contribution in [0.4, 0.5) is 13.2 Å². The Kier molecular flexibility index (Phi) is 3.95. The first kappa shape index (κ1) is 17.0. The number of hydrogen-bond donors (Lipinski definition) is 0. The van der Waals surface area contributed by atoms with Gasteiger partial charge in [0.2, 0.25) is 0 Å². The number of aromatic nitrogens is 4. The number of nitrogens with zero attached hydrogens (tertiary/aromatic N) is 4. The van der Waals surface area contributed by atoms with Crippen LogP contribution in [0.2, 0.25) is 5.02 Å². The first-order valence-electron chi connectivity index (χ1n) is 7.84. The van der Waals surface area contributed by atoms with Crippen molar-refractivity contribution in [2.24, 2.45) is 0 Å². The Morgan fingerprint density at radius 3 is 2.42 bits per heavy atom. The molecule has 0 bridgehead atoms. The molecule has 9 heteroatoms. The standard InChI is InChI=1S/C17H12ClF3N4O/c18-12-3-1-2-11(6-12)16(4-5-16)7-13-22-8-10(9-23-13)14-24-25-15(26-14)17(19,20)21/h1-3,6,8-9H,4-5,7H2. The second kappa shape index (κ2) is 6.05. The Labute approximate surface area is 151 Å². The van der Waals surface area contributed by atoms with Crippen molar-refractivity contribution in [3.63, 3.8) is 0 Å². The highest BCUT2D eigenvalue weighted by Gasteiger charge is 2.45. The SMILES string of the molecule is FC(F)(F)c1nnc(-c2cnc(CC3(c4cccc(Cl)c4)CC3)nc2)o1. The quantitative estimate of drug-likeness (QED) is 0.668. The minimum atomic E-state index is -4.68. The van der Waals surface area contributed by atoms with Crippen molar-refractivity contribution in [3.8, 4) is 11.5 Å². The van der Waals surface area contributed by atoms with Gasteiger partial charge in [-0.3, -0.25) is 0 Å². The Morgan fingerprint density at radius 2 is 1.85 bits per heavy atom. The minimum absolute atomic E-state index is 0.0274. The van der Waals surface area contributed by atoms with Crippen LogP contribution in [0, 0.1) is 0 Å². The van der Waals surface area contributed by atoms with E-state index in [2.05, 4.69) is 24.6 Å². The molecule has 0 N–H and O–H groups in total. The molecule has 1 aromatic carbocycles. The molecule has 1 aliphatic rings. The molecule has 2 heterocycles. The molecule has 0 unspecified atom stereocenters. The maximum atomic E-state index is 12.5. The minimum Gasteiger partial charge on any atom is -0.413 e. The summed E-state index contributed by atoms with van der Waals surface area (Å²) < 4.78 is 42.2. The van der Waals surface area contributed by atoms with Crippen LogP contribution in [0.5, 0.6) is 0 Å². The zero-order chi connectivity index (χ0) is 18.4. The molecule has 0 spiro atoms. The summed E-state index contributed by atoms with van der Waals surface area (Å²) in [6.07, 6.45) is 0.759. The summed E-state index contributed by atoms with van der Waals surface area (Å²) in [4.78, 5) is 8.49. The van der Waals surface area contributed by atoms with Gasteiger partial charge in [0.1, 0.15) is 5.82 Å². The van der Waals surface area contributed by atoms with Crippen molar-refractivity contribution in [3.05, 3.63) is 59.0 Å². The summed E-state index contributed by atoms with van der Waals surface area (Å²) in [6.45, 7) is 0. The molecule has 5 nitrogen and oxygen atoms in total. The Bertz CT molecular complexity index is 936.